The molecule has 0 bridgehead atoms. The molecule has 15 aromatic rings. The number of ketones is 1. The van der Waals surface area contributed by atoms with Crippen molar-refractivity contribution >= 4 is 220 Å². The normalized spacial score (nSPS) is 11.1. The second-order valence-corrected chi connectivity index (χ2v) is 35.5. The monoisotopic (exact) mass is 2080 g/mol. The SMILES string of the molecule is CC(=O)c1ccc(/C=N/NC(=O)CCc2ccc3ccccc3c2)cc1.COc1c(Br)cc(/C=N/NC(=O)CCc2ccc(Cl)cc2)c(O)c1C.Cc1c(Br)cc(/C=N/NC(=O)CCc2ccc3cc4ccccc4cc3c2)c(O)c1Br.Cc1ccc(/C=N/NC(=O)CCc2ccc(Cl)cc2)c(O)c1.[B]c1cc(/C=N/NC(=O)CCc2ccc3cc4ccccc4cc3c2)cc(Br)c1C. The molecule has 0 atom stereocenters. The van der Waals surface area contributed by atoms with Crippen LogP contribution >= 0.6 is 86.9 Å². The Morgan fingerprint density at radius 3 is 1.13 bits per heavy atom. The fraction of sp³-hybridized carbons (Fsp3) is 0.150. The van der Waals surface area contributed by atoms with Gasteiger partial charge >= 0.3 is 0 Å². The van der Waals surface area contributed by atoms with E-state index in [-0.39, 0.29) is 52.6 Å². The first-order valence-corrected chi connectivity index (χ1v) is 46.5. The number of phenols is 3. The van der Waals surface area contributed by atoms with E-state index < -0.39 is 0 Å². The molecule has 0 aromatic heterocycles. The van der Waals surface area contributed by atoms with E-state index in [2.05, 4.69) is 238 Å². The minimum Gasteiger partial charge on any atom is -0.507 e. The van der Waals surface area contributed by atoms with E-state index in [1.807, 2.05) is 93.6 Å². The molecule has 134 heavy (non-hydrogen) atoms. The molecule has 15 rings (SSSR count). The van der Waals surface area contributed by atoms with Crippen LogP contribution in [0.2, 0.25) is 10.0 Å². The number of phenolic OH excluding ortho intramolecular Hbond substituents is 3. The Morgan fingerprint density at radius 1 is 0.351 bits per heavy atom. The molecule has 27 heteroatoms. The van der Waals surface area contributed by atoms with Crippen LogP contribution in [0, 0.1) is 27.7 Å². The Morgan fingerprint density at radius 2 is 0.701 bits per heavy atom. The lowest BCUT2D eigenvalue weighted by molar-refractivity contribution is -0.121. The predicted molar refractivity (Wildman–Crippen MR) is 559 cm³/mol. The third kappa shape index (κ3) is 30.9. The van der Waals surface area contributed by atoms with Crippen LogP contribution in [-0.2, 0) is 56.1 Å². The standard InChI is InChI=1S/C25H20BBrN2O.C25H20Br2N2O2.C22H20N2O2.C18H18BrClN2O3.C17H17ClN2O2/c1-16-23(26)11-18(12-24(16)27)15-28-29-25(30)9-7-17-6-8-21-13-19-4-2-3-5-20(19)14-22(21)10-17;1-15-22(26)13-21(25(31)24(15)27)14-28-29-23(30)9-7-16-6-8-19-11-17-4-2-3-5-18(17)12-20(19)10-16;1-16(25)19-10-7-18(8-11-19)15-23-24-22(26)13-9-17-6-12-20-4-2-3-5-21(20)14-17;1-11-17(24)13(9-15(19)18(11)25-2)10-21-22-16(23)8-5-12-3-6-14(20)7-4-12;1-12-2-6-14(16(21)10-12)11-19-20-17(22)9-5-13-3-7-15(18)8-4-13/h2-6,8,10-15H,7,9H2,1H3,(H,29,30);2-6,8,10-14,31H,7,9H2,1H3,(H,29,30);2-8,10-12,14-15H,9,13H2,1H3,(H,24,26);3-4,6-7,9-10,24H,5,8H2,1-2H3,(H,22,23);2-4,6-8,10-11,21H,5,9H2,1H3,(H,20,22)/b28-15+;28-14+;23-15+;21-10+;19-11+. The first-order chi connectivity index (χ1) is 64.5. The molecular formula is C107H95BBr4Cl2N10O10. The third-order valence-electron chi connectivity index (χ3n) is 21.4. The minimum absolute atomic E-state index is 0.0236. The average Bonchev–Trinajstić information content (AvgIpc) is 0.798. The highest BCUT2D eigenvalue weighted by Gasteiger charge is 2.16. The van der Waals surface area contributed by atoms with Gasteiger partial charge in [0, 0.05) is 78.9 Å². The van der Waals surface area contributed by atoms with Crippen LogP contribution in [0.15, 0.2) is 310 Å². The summed E-state index contributed by atoms with van der Waals surface area (Å²) in [7, 11) is 7.49. The number of nitrogens with one attached hydrogen (secondary N) is 5. The van der Waals surface area contributed by atoms with Crippen molar-refractivity contribution in [1.82, 2.24) is 27.1 Å². The van der Waals surface area contributed by atoms with Crippen LogP contribution in [0.3, 0.4) is 0 Å². The zero-order valence-electron chi connectivity index (χ0n) is 74.1. The van der Waals surface area contributed by atoms with Crippen molar-refractivity contribution in [3.8, 4) is 23.0 Å². The Labute approximate surface area is 822 Å². The molecule has 8 N–H and O–H groups in total. The number of amides is 5. The van der Waals surface area contributed by atoms with Gasteiger partial charge in [0.1, 0.15) is 30.8 Å². The maximum absolute atomic E-state index is 12.2. The summed E-state index contributed by atoms with van der Waals surface area (Å²) in [6, 6.07) is 86.7. The van der Waals surface area contributed by atoms with Crippen LogP contribution < -0.4 is 37.3 Å². The number of aromatic hydroxyl groups is 3. The summed E-state index contributed by atoms with van der Waals surface area (Å²) in [5.41, 5.74) is 25.9. The largest absolute Gasteiger partial charge is 0.507 e. The van der Waals surface area contributed by atoms with E-state index >= 15 is 0 Å². The van der Waals surface area contributed by atoms with Crippen molar-refractivity contribution in [3.63, 3.8) is 0 Å². The van der Waals surface area contributed by atoms with Gasteiger partial charge in [0.25, 0.3) is 0 Å². The minimum atomic E-state index is -0.213. The number of methoxy groups -OCH3 is 1. The number of halogens is 6. The summed E-state index contributed by atoms with van der Waals surface area (Å²) in [5.74, 6) is 0.0315. The predicted octanol–water partition coefficient (Wildman–Crippen LogP) is 23.3. The summed E-state index contributed by atoms with van der Waals surface area (Å²) in [5, 5.41) is 63.2. The van der Waals surface area contributed by atoms with Gasteiger partial charge in [0.2, 0.25) is 29.5 Å². The van der Waals surface area contributed by atoms with E-state index in [0.717, 1.165) is 64.6 Å². The number of aryl methyl sites for hydroxylation is 6. The molecule has 0 aliphatic rings. The summed E-state index contributed by atoms with van der Waals surface area (Å²) in [6.45, 7) is 8.97. The summed E-state index contributed by atoms with van der Waals surface area (Å²) in [6.07, 6.45) is 12.3. The second kappa shape index (κ2) is 50.6. The highest BCUT2D eigenvalue weighted by Crippen LogP contribution is 2.38. The smallest absolute Gasteiger partial charge is 0.240 e. The van der Waals surface area contributed by atoms with Crippen molar-refractivity contribution in [2.24, 2.45) is 25.5 Å². The van der Waals surface area contributed by atoms with Crippen molar-refractivity contribution in [3.05, 3.63) is 378 Å². The number of hydrogen-bond donors (Lipinski definition) is 8. The van der Waals surface area contributed by atoms with Gasteiger partial charge < -0.3 is 20.1 Å². The highest BCUT2D eigenvalue weighted by atomic mass is 79.9. The number of fused-ring (bicyclic) bond motifs is 5. The Kier molecular flexibility index (Phi) is 38.2. The number of carbonyl (C=O) groups excluding carboxylic acids is 6. The van der Waals surface area contributed by atoms with Gasteiger partial charge in [-0.05, 0) is 287 Å². The molecule has 0 heterocycles. The van der Waals surface area contributed by atoms with Crippen LogP contribution in [0.25, 0.3) is 53.9 Å². The van der Waals surface area contributed by atoms with Gasteiger partial charge in [-0.3, -0.25) is 28.8 Å². The molecular weight excluding hydrogens is 1990 g/mol. The molecule has 5 amide bonds. The van der Waals surface area contributed by atoms with Crippen LogP contribution in [-0.4, -0.2) is 96.7 Å². The molecule has 20 nitrogen and oxygen atoms in total. The molecule has 0 aliphatic carbocycles. The van der Waals surface area contributed by atoms with Gasteiger partial charge in [-0.2, -0.15) is 25.5 Å². The van der Waals surface area contributed by atoms with Crippen molar-refractivity contribution in [2.75, 3.05) is 7.11 Å². The third-order valence-corrected chi connectivity index (χ3v) is 25.1. The molecule has 0 saturated carbocycles. The lowest BCUT2D eigenvalue weighted by atomic mass is 9.90. The molecule has 678 valence electrons. The zero-order chi connectivity index (χ0) is 95.7. The number of hydrazone groups is 5. The summed E-state index contributed by atoms with van der Waals surface area (Å²) >= 11 is 25.3. The first-order valence-electron chi connectivity index (χ1n) is 42.6. The number of rotatable bonds is 27. The van der Waals surface area contributed by atoms with Crippen LogP contribution in [0.1, 0.15) is 127 Å². The summed E-state index contributed by atoms with van der Waals surface area (Å²) in [4.78, 5) is 71.1. The van der Waals surface area contributed by atoms with E-state index in [1.165, 1.54) is 86.5 Å². The topological polar surface area (TPSA) is 294 Å². The molecule has 0 fully saturated rings. The van der Waals surface area contributed by atoms with E-state index in [4.69, 9.17) is 35.8 Å². The quantitative estimate of drug-likeness (QED) is 0.00791. The maximum Gasteiger partial charge on any atom is 0.240 e. The second-order valence-electron chi connectivity index (χ2n) is 31.3. The Balaban J connectivity index is 0.000000162. The molecule has 2 radical (unpaired) electrons. The van der Waals surface area contributed by atoms with E-state index in [9.17, 15) is 44.1 Å². The van der Waals surface area contributed by atoms with Gasteiger partial charge in [-0.1, -0.05) is 249 Å². The lowest BCUT2D eigenvalue weighted by Crippen LogP contribution is -2.18. The molecule has 0 aliphatic heterocycles. The van der Waals surface area contributed by atoms with Crippen molar-refractivity contribution in [2.45, 2.75) is 98.8 Å². The van der Waals surface area contributed by atoms with Crippen molar-refractivity contribution < 1.29 is 48.8 Å². The highest BCUT2D eigenvalue weighted by molar-refractivity contribution is 9.11. The van der Waals surface area contributed by atoms with Crippen molar-refractivity contribution in [1.29, 1.82) is 0 Å². The van der Waals surface area contributed by atoms with Gasteiger partial charge in [-0.15, -0.1) is 0 Å². The molecule has 0 spiro atoms. The lowest BCUT2D eigenvalue weighted by Gasteiger charge is -2.11. The van der Waals surface area contributed by atoms with Crippen LogP contribution in [0.5, 0.6) is 23.0 Å². The number of nitrogens with zero attached hydrogens (tertiary/aromatic N) is 5. The number of hydrogen-bond acceptors (Lipinski definition) is 15. The average molecular weight is 2080 g/mol. The molecule has 0 unspecified atom stereocenters. The number of carbonyl (C=O) groups is 6. The molecule has 15 aromatic carbocycles. The zero-order valence-corrected chi connectivity index (χ0v) is 82.0. The first kappa shape index (κ1) is 101. The number of benzene rings is 15. The number of Topliss-reactive ketones (excluding diaryl/α,β-unsaturated/α-hetero) is 1. The Hall–Kier alpha value is -13.3. The summed E-state index contributed by atoms with van der Waals surface area (Å²) < 4.78 is 8.26. The number of ether oxygens (including phenoxy) is 1. The fourth-order valence-electron chi connectivity index (χ4n) is 13.7. The van der Waals surface area contributed by atoms with E-state index in [0.29, 0.717) is 122 Å². The van der Waals surface area contributed by atoms with Gasteiger partial charge in [0.15, 0.2) is 5.78 Å². The van der Waals surface area contributed by atoms with Gasteiger partial charge in [-0.25, -0.2) is 27.1 Å². The maximum atomic E-state index is 12.2. The van der Waals surface area contributed by atoms with Gasteiger partial charge in [0.05, 0.1) is 47.1 Å². The fourth-order valence-corrected chi connectivity index (χ4v) is 16.3. The van der Waals surface area contributed by atoms with E-state index in [1.54, 1.807) is 92.1 Å². The van der Waals surface area contributed by atoms with Crippen LogP contribution in [0.4, 0.5) is 0 Å². The molecule has 0 saturated heterocycles. The Bertz CT molecular complexity index is 6920.